The number of anilines is 1. The zero-order valence-electron chi connectivity index (χ0n) is 19.9. The van der Waals surface area contributed by atoms with E-state index >= 15 is 0 Å². The first kappa shape index (κ1) is 23.5. The SMILES string of the molecule is CCC(C)c1cc2n(n1)CC(C)(C(=O)NC1CCCCCCC1)N(c1cccc(F)c1)C2=O. The highest BCUT2D eigenvalue weighted by Gasteiger charge is 2.49. The maximum Gasteiger partial charge on any atom is 0.277 e. The zero-order valence-corrected chi connectivity index (χ0v) is 19.9. The van der Waals surface area contributed by atoms with Crippen molar-refractivity contribution < 1.29 is 14.0 Å². The van der Waals surface area contributed by atoms with Crippen LogP contribution in [-0.2, 0) is 11.3 Å². The fraction of sp³-hybridized carbons (Fsp3) is 0.577. The number of carbonyl (C=O) groups excluding carboxylic acids is 2. The van der Waals surface area contributed by atoms with E-state index in [0.29, 0.717) is 11.4 Å². The highest BCUT2D eigenvalue weighted by molar-refractivity contribution is 6.11. The number of fused-ring (bicyclic) bond motifs is 1. The molecule has 0 bridgehead atoms. The number of hydrogen-bond donors (Lipinski definition) is 1. The van der Waals surface area contributed by atoms with Crippen molar-refractivity contribution in [2.75, 3.05) is 4.90 Å². The van der Waals surface area contributed by atoms with Gasteiger partial charge in [-0.3, -0.25) is 19.2 Å². The summed E-state index contributed by atoms with van der Waals surface area (Å²) in [7, 11) is 0. The van der Waals surface area contributed by atoms with Crippen LogP contribution in [0.2, 0.25) is 0 Å². The highest BCUT2D eigenvalue weighted by atomic mass is 19.1. The van der Waals surface area contributed by atoms with Crippen LogP contribution in [0.1, 0.15) is 94.2 Å². The number of nitrogens with zero attached hydrogens (tertiary/aromatic N) is 3. The number of benzene rings is 1. The molecule has 0 spiro atoms. The van der Waals surface area contributed by atoms with Gasteiger partial charge in [0.2, 0.25) is 5.91 Å². The maximum atomic E-state index is 14.2. The molecule has 1 aromatic heterocycles. The molecule has 1 fully saturated rings. The van der Waals surface area contributed by atoms with E-state index in [4.69, 9.17) is 0 Å². The summed E-state index contributed by atoms with van der Waals surface area (Å²) in [5, 5.41) is 7.92. The van der Waals surface area contributed by atoms with Gasteiger partial charge in [0.1, 0.15) is 17.1 Å². The molecular weight excluding hydrogens is 419 g/mol. The van der Waals surface area contributed by atoms with E-state index in [1.54, 1.807) is 23.7 Å². The molecule has 2 aromatic rings. The van der Waals surface area contributed by atoms with Gasteiger partial charge in [-0.25, -0.2) is 4.39 Å². The first-order valence-electron chi connectivity index (χ1n) is 12.3. The summed E-state index contributed by atoms with van der Waals surface area (Å²) in [6.07, 6.45) is 8.60. The van der Waals surface area contributed by atoms with Crippen molar-refractivity contribution in [3.8, 4) is 0 Å². The summed E-state index contributed by atoms with van der Waals surface area (Å²) in [5.74, 6) is -0.780. The molecule has 1 aliphatic heterocycles. The predicted octanol–water partition coefficient (Wildman–Crippen LogP) is 5.18. The Bertz CT molecular complexity index is 1010. The van der Waals surface area contributed by atoms with Crippen LogP contribution >= 0.6 is 0 Å². The second kappa shape index (κ2) is 9.65. The first-order valence-corrected chi connectivity index (χ1v) is 12.3. The standard InChI is InChI=1S/C26H35FN4O2/c1-4-18(2)22-16-23-24(32)31(21-14-10-11-19(27)15-21)26(3,17-30(23)29-22)25(33)28-20-12-8-6-5-7-9-13-20/h10-11,14-16,18,20H,4-9,12-13,17H2,1-3H3,(H,28,33). The van der Waals surface area contributed by atoms with E-state index in [9.17, 15) is 14.0 Å². The molecule has 1 aromatic carbocycles. The number of amides is 2. The van der Waals surface area contributed by atoms with Crippen LogP contribution in [-0.4, -0.2) is 33.2 Å². The van der Waals surface area contributed by atoms with E-state index in [1.807, 2.05) is 6.07 Å². The molecule has 0 radical (unpaired) electrons. The van der Waals surface area contributed by atoms with Crippen molar-refractivity contribution in [2.24, 2.45) is 0 Å². The second-order valence-electron chi connectivity index (χ2n) is 9.83. The van der Waals surface area contributed by atoms with Crippen LogP contribution in [0.3, 0.4) is 0 Å². The third kappa shape index (κ3) is 4.68. The number of nitrogens with one attached hydrogen (secondary N) is 1. The average molecular weight is 455 g/mol. The Morgan fingerprint density at radius 2 is 1.91 bits per heavy atom. The Kier molecular flexibility index (Phi) is 6.86. The number of carbonyl (C=O) groups is 2. The van der Waals surface area contributed by atoms with Crippen molar-refractivity contribution in [3.05, 3.63) is 47.5 Å². The molecule has 33 heavy (non-hydrogen) atoms. The Morgan fingerprint density at radius 1 is 1.21 bits per heavy atom. The van der Waals surface area contributed by atoms with Gasteiger partial charge in [0, 0.05) is 11.7 Å². The van der Waals surface area contributed by atoms with Crippen LogP contribution in [0.15, 0.2) is 30.3 Å². The summed E-state index contributed by atoms with van der Waals surface area (Å²) in [6.45, 7) is 6.14. The highest BCUT2D eigenvalue weighted by Crippen LogP contribution is 2.34. The van der Waals surface area contributed by atoms with Gasteiger partial charge in [-0.15, -0.1) is 0 Å². The lowest BCUT2D eigenvalue weighted by atomic mass is 9.91. The molecule has 4 rings (SSSR count). The molecular formula is C26H35FN4O2. The summed E-state index contributed by atoms with van der Waals surface area (Å²) in [4.78, 5) is 29.0. The molecule has 0 saturated heterocycles. The van der Waals surface area contributed by atoms with Gasteiger partial charge in [-0.05, 0) is 56.4 Å². The number of rotatable bonds is 5. The van der Waals surface area contributed by atoms with Crippen LogP contribution in [0.4, 0.5) is 10.1 Å². The van der Waals surface area contributed by atoms with E-state index < -0.39 is 11.4 Å². The fourth-order valence-corrected chi connectivity index (χ4v) is 5.01. The number of hydrogen-bond acceptors (Lipinski definition) is 3. The molecule has 2 aliphatic rings. The predicted molar refractivity (Wildman–Crippen MR) is 127 cm³/mol. The monoisotopic (exact) mass is 454 g/mol. The second-order valence-corrected chi connectivity index (χ2v) is 9.83. The molecule has 2 unspecified atom stereocenters. The van der Waals surface area contributed by atoms with E-state index in [2.05, 4.69) is 24.3 Å². The van der Waals surface area contributed by atoms with Crippen LogP contribution < -0.4 is 10.2 Å². The Hall–Kier alpha value is -2.70. The van der Waals surface area contributed by atoms with Crippen LogP contribution in [0.5, 0.6) is 0 Å². The quantitative estimate of drug-likeness (QED) is 0.677. The molecule has 1 N–H and O–H groups in total. The van der Waals surface area contributed by atoms with Gasteiger partial charge in [-0.2, -0.15) is 5.10 Å². The molecule has 1 saturated carbocycles. The molecule has 2 atom stereocenters. The van der Waals surface area contributed by atoms with Crippen molar-refractivity contribution in [2.45, 2.75) is 96.2 Å². The van der Waals surface area contributed by atoms with Crippen molar-refractivity contribution in [3.63, 3.8) is 0 Å². The lowest BCUT2D eigenvalue weighted by molar-refractivity contribution is -0.127. The smallest absolute Gasteiger partial charge is 0.277 e. The maximum absolute atomic E-state index is 14.2. The van der Waals surface area contributed by atoms with Gasteiger partial charge < -0.3 is 5.32 Å². The lowest BCUT2D eigenvalue weighted by Gasteiger charge is -2.43. The van der Waals surface area contributed by atoms with Gasteiger partial charge in [0.05, 0.1) is 12.2 Å². The van der Waals surface area contributed by atoms with Crippen LogP contribution in [0.25, 0.3) is 0 Å². The molecule has 178 valence electrons. The molecule has 1 aliphatic carbocycles. The first-order chi connectivity index (χ1) is 15.8. The van der Waals surface area contributed by atoms with Crippen molar-refractivity contribution >= 4 is 17.5 Å². The molecule has 2 heterocycles. The lowest BCUT2D eigenvalue weighted by Crippen LogP contribution is -2.65. The average Bonchev–Trinajstić information content (AvgIpc) is 3.19. The molecule has 6 nitrogen and oxygen atoms in total. The third-order valence-electron chi connectivity index (χ3n) is 7.29. The summed E-state index contributed by atoms with van der Waals surface area (Å²) >= 11 is 0. The fourth-order valence-electron chi connectivity index (χ4n) is 5.01. The van der Waals surface area contributed by atoms with Crippen LogP contribution in [0, 0.1) is 5.82 Å². The third-order valence-corrected chi connectivity index (χ3v) is 7.29. The van der Waals surface area contributed by atoms with Gasteiger partial charge in [-0.1, -0.05) is 52.0 Å². The Balaban J connectivity index is 1.71. The van der Waals surface area contributed by atoms with Gasteiger partial charge in [0.25, 0.3) is 5.91 Å². The van der Waals surface area contributed by atoms with Gasteiger partial charge >= 0.3 is 0 Å². The van der Waals surface area contributed by atoms with Crippen molar-refractivity contribution in [1.29, 1.82) is 0 Å². The minimum Gasteiger partial charge on any atom is -0.351 e. The summed E-state index contributed by atoms with van der Waals surface area (Å²) in [6, 6.07) is 7.82. The molecule has 7 heteroatoms. The summed E-state index contributed by atoms with van der Waals surface area (Å²) in [5.41, 5.74) is 0.433. The number of halogens is 1. The Morgan fingerprint density at radius 3 is 2.58 bits per heavy atom. The van der Waals surface area contributed by atoms with E-state index in [0.717, 1.165) is 37.8 Å². The topological polar surface area (TPSA) is 67.2 Å². The van der Waals surface area contributed by atoms with E-state index in [1.165, 1.54) is 36.3 Å². The van der Waals surface area contributed by atoms with Gasteiger partial charge in [0.15, 0.2) is 0 Å². The summed E-state index contributed by atoms with van der Waals surface area (Å²) < 4.78 is 15.8. The zero-order chi connectivity index (χ0) is 23.6. The largest absolute Gasteiger partial charge is 0.351 e. The minimum atomic E-state index is -1.22. The van der Waals surface area contributed by atoms with Crippen molar-refractivity contribution in [1.82, 2.24) is 15.1 Å². The minimum absolute atomic E-state index is 0.0915. The Labute approximate surface area is 195 Å². The normalized spacial score (nSPS) is 22.9. The molecule has 2 amide bonds. The number of aromatic nitrogens is 2. The van der Waals surface area contributed by atoms with E-state index in [-0.39, 0.29) is 30.3 Å².